The molecule has 0 atom stereocenters. The monoisotopic (exact) mass is 486 g/mol. The molecule has 2 rings (SSSR count). The third kappa shape index (κ3) is 6.66. The van der Waals surface area contributed by atoms with E-state index in [1.54, 1.807) is 7.11 Å². The molecule has 0 saturated heterocycles. The van der Waals surface area contributed by atoms with E-state index in [2.05, 4.69) is 50.1 Å². The van der Waals surface area contributed by atoms with E-state index in [-0.39, 0.29) is 0 Å². The average molecular weight is 488 g/mol. The van der Waals surface area contributed by atoms with Gasteiger partial charge in [0.15, 0.2) is 11.5 Å². The summed E-state index contributed by atoms with van der Waals surface area (Å²) in [5, 5.41) is 4.26. The lowest BCUT2D eigenvalue weighted by molar-refractivity contribution is 0.287. The number of fused-ring (bicyclic) bond motifs is 1. The van der Waals surface area contributed by atoms with Gasteiger partial charge in [-0.1, -0.05) is 37.9 Å². The van der Waals surface area contributed by atoms with Crippen molar-refractivity contribution in [2.75, 3.05) is 31.0 Å². The molecule has 2 aromatic carbocycles. The Hall–Kier alpha value is -0.940. The molecule has 0 spiro atoms. The van der Waals surface area contributed by atoms with Crippen molar-refractivity contribution in [3.63, 3.8) is 0 Å². The smallest absolute Gasteiger partial charge is 0.168 e. The van der Waals surface area contributed by atoms with Crippen molar-refractivity contribution in [2.24, 2.45) is 0 Å². The third-order valence-corrected chi connectivity index (χ3v) is 5.31. The maximum Gasteiger partial charge on any atom is 0.168 e. The topological polar surface area (TPSA) is 27.7 Å². The molecule has 0 unspecified atom stereocenters. The average Bonchev–Trinajstić information content (AvgIpc) is 2.67. The second-order valence-electron chi connectivity index (χ2n) is 6.18. The van der Waals surface area contributed by atoms with Crippen LogP contribution < -0.4 is 14.2 Å². The molecule has 26 heavy (non-hydrogen) atoms. The van der Waals surface area contributed by atoms with Crippen LogP contribution in [0.5, 0.6) is 17.2 Å². The van der Waals surface area contributed by atoms with Gasteiger partial charge in [0.2, 0.25) is 0 Å². The van der Waals surface area contributed by atoms with Crippen LogP contribution in [0.1, 0.15) is 38.5 Å². The lowest BCUT2D eigenvalue weighted by Crippen LogP contribution is -2.00. The van der Waals surface area contributed by atoms with Crippen LogP contribution in [0.3, 0.4) is 0 Å². The molecule has 0 aliphatic rings. The number of methoxy groups -OCH3 is 1. The lowest BCUT2D eigenvalue weighted by Gasteiger charge is -2.14. The van der Waals surface area contributed by atoms with Gasteiger partial charge in [0.25, 0.3) is 0 Å². The number of unbranched alkanes of at least 4 members (excludes halogenated alkanes) is 4. The minimum Gasteiger partial charge on any atom is -0.494 e. The second kappa shape index (κ2) is 12.4. The minimum atomic E-state index is 0.713. The van der Waals surface area contributed by atoms with Crippen LogP contribution in [-0.2, 0) is 0 Å². The van der Waals surface area contributed by atoms with Crippen molar-refractivity contribution >= 4 is 42.6 Å². The molecule has 0 aromatic heterocycles. The van der Waals surface area contributed by atoms with Crippen LogP contribution in [0, 0.1) is 0 Å². The maximum atomic E-state index is 5.94. The van der Waals surface area contributed by atoms with Crippen molar-refractivity contribution < 1.29 is 14.2 Å². The van der Waals surface area contributed by atoms with Gasteiger partial charge < -0.3 is 14.2 Å². The van der Waals surface area contributed by atoms with Crippen molar-refractivity contribution in [2.45, 2.75) is 38.5 Å². The van der Waals surface area contributed by atoms with Gasteiger partial charge in [-0.25, -0.2) is 0 Å². The van der Waals surface area contributed by atoms with E-state index in [0.29, 0.717) is 6.61 Å². The van der Waals surface area contributed by atoms with E-state index >= 15 is 0 Å². The van der Waals surface area contributed by atoms with Gasteiger partial charge in [0.1, 0.15) is 5.75 Å². The van der Waals surface area contributed by atoms with Crippen LogP contribution in [-0.4, -0.2) is 31.0 Å². The van der Waals surface area contributed by atoms with Crippen molar-refractivity contribution in [1.82, 2.24) is 0 Å². The first kappa shape index (κ1) is 21.4. The molecular formula is C21H28Br2O3. The molecule has 144 valence electrons. The normalized spacial score (nSPS) is 10.9. The van der Waals surface area contributed by atoms with E-state index in [1.807, 2.05) is 12.1 Å². The molecule has 5 heteroatoms. The van der Waals surface area contributed by atoms with Gasteiger partial charge >= 0.3 is 0 Å². The van der Waals surface area contributed by atoms with Gasteiger partial charge in [-0.05, 0) is 68.2 Å². The van der Waals surface area contributed by atoms with Crippen LogP contribution >= 0.6 is 31.9 Å². The zero-order valence-corrected chi connectivity index (χ0v) is 18.6. The predicted octanol–water partition coefficient (Wildman–Crippen LogP) is 6.74. The standard InChI is InChI=1S/C21H28Br2O3/c1-24-21-19-10-9-18(25-14-6-2-4-12-22)16-17(19)8-11-20(21)26-15-7-3-5-13-23/h8-11,16H,2-7,12-15H2,1H3. The highest BCUT2D eigenvalue weighted by Crippen LogP contribution is 2.37. The Labute approximate surface area is 173 Å². The molecule has 0 aliphatic heterocycles. The van der Waals surface area contributed by atoms with Gasteiger partial charge in [0.05, 0.1) is 20.3 Å². The summed E-state index contributed by atoms with van der Waals surface area (Å²) >= 11 is 6.91. The molecule has 0 saturated carbocycles. The molecule has 0 amide bonds. The Kier molecular flexibility index (Phi) is 10.2. The van der Waals surface area contributed by atoms with Crippen molar-refractivity contribution in [1.29, 1.82) is 0 Å². The van der Waals surface area contributed by atoms with Crippen molar-refractivity contribution in [3.8, 4) is 17.2 Å². The molecule has 2 aromatic rings. The number of halogens is 2. The zero-order valence-electron chi connectivity index (χ0n) is 15.4. The van der Waals surface area contributed by atoms with Crippen LogP contribution in [0.2, 0.25) is 0 Å². The number of rotatable bonds is 13. The van der Waals surface area contributed by atoms with E-state index in [9.17, 15) is 0 Å². The highest BCUT2D eigenvalue weighted by atomic mass is 79.9. The highest BCUT2D eigenvalue weighted by molar-refractivity contribution is 9.09. The number of benzene rings is 2. The summed E-state index contributed by atoms with van der Waals surface area (Å²) in [4.78, 5) is 0. The summed E-state index contributed by atoms with van der Waals surface area (Å²) < 4.78 is 17.4. The van der Waals surface area contributed by atoms with Crippen LogP contribution in [0.25, 0.3) is 10.8 Å². The van der Waals surface area contributed by atoms with Gasteiger partial charge in [0, 0.05) is 16.0 Å². The maximum absolute atomic E-state index is 5.94. The molecule has 0 fully saturated rings. The molecule has 3 nitrogen and oxygen atoms in total. The Morgan fingerprint density at radius 1 is 0.769 bits per heavy atom. The Morgan fingerprint density at radius 2 is 1.46 bits per heavy atom. The fourth-order valence-corrected chi connectivity index (χ4v) is 3.59. The Bertz CT molecular complexity index is 661. The third-order valence-electron chi connectivity index (χ3n) is 4.19. The van der Waals surface area contributed by atoms with E-state index in [4.69, 9.17) is 14.2 Å². The summed E-state index contributed by atoms with van der Waals surface area (Å²) in [5.41, 5.74) is 0. The number of hydrogen-bond donors (Lipinski definition) is 0. The quantitative estimate of drug-likeness (QED) is 0.231. The molecule has 0 heterocycles. The van der Waals surface area contributed by atoms with Gasteiger partial charge in [-0.15, -0.1) is 0 Å². The minimum absolute atomic E-state index is 0.713. The zero-order chi connectivity index (χ0) is 18.6. The number of ether oxygens (including phenoxy) is 3. The molecule has 0 N–H and O–H groups in total. The van der Waals surface area contributed by atoms with Crippen LogP contribution in [0.15, 0.2) is 30.3 Å². The Morgan fingerprint density at radius 3 is 2.12 bits per heavy atom. The molecular weight excluding hydrogens is 460 g/mol. The number of hydrogen-bond acceptors (Lipinski definition) is 3. The van der Waals surface area contributed by atoms with E-state index in [1.165, 1.54) is 19.3 Å². The Balaban J connectivity index is 2.00. The van der Waals surface area contributed by atoms with E-state index < -0.39 is 0 Å². The summed E-state index contributed by atoms with van der Waals surface area (Å²) in [6, 6.07) is 10.2. The molecule has 0 radical (unpaired) electrons. The lowest BCUT2D eigenvalue weighted by atomic mass is 10.1. The highest BCUT2D eigenvalue weighted by Gasteiger charge is 2.10. The summed E-state index contributed by atoms with van der Waals surface area (Å²) in [5.74, 6) is 2.51. The van der Waals surface area contributed by atoms with Gasteiger partial charge in [-0.3, -0.25) is 0 Å². The first-order chi connectivity index (χ1) is 12.8. The number of alkyl halides is 2. The summed E-state index contributed by atoms with van der Waals surface area (Å²) in [7, 11) is 1.70. The first-order valence-corrected chi connectivity index (χ1v) is 11.5. The summed E-state index contributed by atoms with van der Waals surface area (Å²) in [6.45, 7) is 1.47. The summed E-state index contributed by atoms with van der Waals surface area (Å²) in [6.07, 6.45) is 6.85. The van der Waals surface area contributed by atoms with Crippen LogP contribution in [0.4, 0.5) is 0 Å². The van der Waals surface area contributed by atoms with Gasteiger partial charge in [-0.2, -0.15) is 0 Å². The fraction of sp³-hybridized carbons (Fsp3) is 0.524. The van der Waals surface area contributed by atoms with E-state index in [0.717, 1.165) is 64.6 Å². The second-order valence-corrected chi connectivity index (χ2v) is 7.76. The first-order valence-electron chi connectivity index (χ1n) is 9.28. The molecule has 0 aliphatic carbocycles. The van der Waals surface area contributed by atoms with Crippen molar-refractivity contribution in [3.05, 3.63) is 30.3 Å². The largest absolute Gasteiger partial charge is 0.494 e. The molecule has 0 bridgehead atoms. The fourth-order valence-electron chi connectivity index (χ4n) is 2.79. The predicted molar refractivity (Wildman–Crippen MR) is 117 cm³/mol. The SMILES string of the molecule is COc1c(OCCCCCBr)ccc2cc(OCCCCCBr)ccc12.